The lowest BCUT2D eigenvalue weighted by atomic mass is 10.00. The van der Waals surface area contributed by atoms with Crippen LogP contribution in [0.4, 0.5) is 9.59 Å². The van der Waals surface area contributed by atoms with Crippen LogP contribution in [0.2, 0.25) is 0 Å². The molecule has 2 aromatic carbocycles. The summed E-state index contributed by atoms with van der Waals surface area (Å²) in [7, 11) is 3.07. The molecule has 0 aliphatic rings. The molecule has 0 bridgehead atoms. The van der Waals surface area contributed by atoms with E-state index in [2.05, 4.69) is 10.6 Å². The molecule has 0 fully saturated rings. The van der Waals surface area contributed by atoms with Crippen LogP contribution in [0.3, 0.4) is 0 Å². The molecule has 0 saturated heterocycles. The highest BCUT2D eigenvalue weighted by Gasteiger charge is 2.36. The van der Waals surface area contributed by atoms with Gasteiger partial charge >= 0.3 is 12.2 Å². The maximum atomic E-state index is 12.6. The van der Waals surface area contributed by atoms with Crippen LogP contribution in [0.5, 0.6) is 23.0 Å². The number of hydrogen-bond acceptors (Lipinski definition) is 10. The van der Waals surface area contributed by atoms with Gasteiger partial charge in [-0.15, -0.1) is 0 Å². The van der Waals surface area contributed by atoms with E-state index >= 15 is 0 Å². The van der Waals surface area contributed by atoms with Crippen LogP contribution in [0.1, 0.15) is 41.5 Å². The van der Waals surface area contributed by atoms with Crippen molar-refractivity contribution in [3.05, 3.63) is 48.5 Å². The number of aliphatic hydroxyl groups excluding tert-OH is 2. The fourth-order valence-corrected chi connectivity index (χ4v) is 3.56. The highest BCUT2D eigenvalue weighted by Crippen LogP contribution is 2.20. The van der Waals surface area contributed by atoms with E-state index < -0.39 is 47.7 Å². The molecular formula is C30H44N2O10. The number of ether oxygens (including phenoxy) is 6. The molecule has 0 spiro atoms. The number of benzene rings is 2. The van der Waals surface area contributed by atoms with Gasteiger partial charge in [-0.25, -0.2) is 9.59 Å². The van der Waals surface area contributed by atoms with E-state index in [0.29, 0.717) is 23.0 Å². The first-order chi connectivity index (χ1) is 19.6. The molecule has 0 radical (unpaired) electrons. The average molecular weight is 593 g/mol. The number of nitrogens with one attached hydrogen (secondary N) is 2. The minimum absolute atomic E-state index is 0.248. The molecule has 4 N–H and O–H groups in total. The largest absolute Gasteiger partial charge is 0.497 e. The number of rotatable bonds is 13. The van der Waals surface area contributed by atoms with Crippen molar-refractivity contribution in [2.24, 2.45) is 0 Å². The van der Waals surface area contributed by atoms with Gasteiger partial charge in [0.05, 0.1) is 26.3 Å². The Hall–Kier alpha value is -3.90. The summed E-state index contributed by atoms with van der Waals surface area (Å²) in [6.45, 7) is 9.66. The van der Waals surface area contributed by atoms with Crippen LogP contribution < -0.4 is 29.6 Å². The number of carbonyl (C=O) groups excluding carboxylic acids is 2. The molecule has 2 rings (SSSR count). The van der Waals surface area contributed by atoms with Crippen molar-refractivity contribution in [3.8, 4) is 23.0 Å². The third kappa shape index (κ3) is 12.3. The third-order valence-electron chi connectivity index (χ3n) is 5.56. The predicted octanol–water partition coefficient (Wildman–Crippen LogP) is 3.67. The molecule has 2 amide bonds. The van der Waals surface area contributed by atoms with Crippen LogP contribution in [-0.4, -0.2) is 85.3 Å². The van der Waals surface area contributed by atoms with Gasteiger partial charge in [-0.1, -0.05) is 0 Å². The molecule has 4 atom stereocenters. The molecule has 0 aromatic heterocycles. The lowest BCUT2D eigenvalue weighted by Crippen LogP contribution is -2.59. The Kier molecular flexibility index (Phi) is 12.5. The van der Waals surface area contributed by atoms with Gasteiger partial charge in [0, 0.05) is 0 Å². The number of carbonyl (C=O) groups is 2. The van der Waals surface area contributed by atoms with Crippen LogP contribution in [-0.2, 0) is 9.47 Å². The van der Waals surface area contributed by atoms with Crippen molar-refractivity contribution in [1.82, 2.24) is 10.6 Å². The zero-order chi connectivity index (χ0) is 31.5. The SMILES string of the molecule is COc1ccc(OC[C@H](NC(=O)OC(C)(C)C)[C@@H](O)[C@H](O)[C@H](COc2ccc(OC)cc2)NC(=O)OC(C)(C)C)cc1. The van der Waals surface area contributed by atoms with E-state index in [1.54, 1.807) is 90.1 Å². The zero-order valence-corrected chi connectivity index (χ0v) is 25.5. The molecule has 0 unspecified atom stereocenters. The highest BCUT2D eigenvalue weighted by atomic mass is 16.6. The monoisotopic (exact) mass is 592 g/mol. The second-order valence-corrected chi connectivity index (χ2v) is 11.5. The van der Waals surface area contributed by atoms with Gasteiger partial charge in [0.1, 0.15) is 59.6 Å². The first-order valence-corrected chi connectivity index (χ1v) is 13.5. The van der Waals surface area contributed by atoms with Gasteiger partial charge in [0.2, 0.25) is 0 Å². The van der Waals surface area contributed by atoms with Crippen molar-refractivity contribution in [2.45, 2.75) is 77.0 Å². The Morgan fingerprint density at radius 1 is 0.619 bits per heavy atom. The summed E-state index contributed by atoms with van der Waals surface area (Å²) in [5.41, 5.74) is -1.63. The Morgan fingerprint density at radius 2 is 0.905 bits per heavy atom. The summed E-state index contributed by atoms with van der Waals surface area (Å²) < 4.78 is 32.6. The van der Waals surface area contributed by atoms with Gasteiger partial charge < -0.3 is 49.3 Å². The van der Waals surface area contributed by atoms with Crippen molar-refractivity contribution in [3.63, 3.8) is 0 Å². The fourth-order valence-electron chi connectivity index (χ4n) is 3.56. The Balaban J connectivity index is 2.26. The minimum atomic E-state index is -1.64. The maximum absolute atomic E-state index is 12.6. The Labute approximate surface area is 247 Å². The lowest BCUT2D eigenvalue weighted by molar-refractivity contribution is -0.0431. The average Bonchev–Trinajstić information content (AvgIpc) is 2.91. The first-order valence-electron chi connectivity index (χ1n) is 13.5. The topological polar surface area (TPSA) is 154 Å². The van der Waals surface area contributed by atoms with Crippen LogP contribution in [0.15, 0.2) is 48.5 Å². The molecule has 234 valence electrons. The highest BCUT2D eigenvalue weighted by molar-refractivity contribution is 5.69. The van der Waals surface area contributed by atoms with Gasteiger partial charge in [-0.05, 0) is 90.1 Å². The van der Waals surface area contributed by atoms with Crippen molar-refractivity contribution >= 4 is 12.2 Å². The van der Waals surface area contributed by atoms with Crippen LogP contribution in [0.25, 0.3) is 0 Å². The van der Waals surface area contributed by atoms with Crippen LogP contribution >= 0.6 is 0 Å². The lowest BCUT2D eigenvalue weighted by Gasteiger charge is -2.33. The van der Waals surface area contributed by atoms with E-state index in [0.717, 1.165) is 0 Å². The molecule has 42 heavy (non-hydrogen) atoms. The molecule has 0 heterocycles. The number of alkyl carbamates (subject to hydrolysis) is 2. The van der Waals surface area contributed by atoms with Crippen molar-refractivity contribution < 1.29 is 48.2 Å². The van der Waals surface area contributed by atoms with Crippen molar-refractivity contribution in [2.75, 3.05) is 27.4 Å². The molecule has 12 heteroatoms. The van der Waals surface area contributed by atoms with Gasteiger partial charge in [0.25, 0.3) is 0 Å². The molecule has 12 nitrogen and oxygen atoms in total. The maximum Gasteiger partial charge on any atom is 0.408 e. The smallest absolute Gasteiger partial charge is 0.408 e. The summed E-state index contributed by atoms with van der Waals surface area (Å²) in [6.07, 6.45) is -4.95. The van der Waals surface area contributed by atoms with E-state index in [4.69, 9.17) is 28.4 Å². The number of amides is 2. The number of aliphatic hydroxyl groups is 2. The number of hydrogen-bond donors (Lipinski definition) is 4. The minimum Gasteiger partial charge on any atom is -0.497 e. The summed E-state index contributed by atoms with van der Waals surface area (Å²) in [5, 5.41) is 27.7. The van der Waals surface area contributed by atoms with Crippen molar-refractivity contribution in [1.29, 1.82) is 0 Å². The third-order valence-corrected chi connectivity index (χ3v) is 5.56. The second-order valence-electron chi connectivity index (χ2n) is 11.5. The zero-order valence-electron chi connectivity index (χ0n) is 25.5. The Morgan fingerprint density at radius 3 is 1.17 bits per heavy atom. The van der Waals surface area contributed by atoms with Gasteiger partial charge in [-0.3, -0.25) is 0 Å². The van der Waals surface area contributed by atoms with E-state index in [-0.39, 0.29) is 13.2 Å². The number of methoxy groups -OCH3 is 2. The second kappa shape index (κ2) is 15.4. The van der Waals surface area contributed by atoms with E-state index in [1.165, 1.54) is 14.2 Å². The predicted molar refractivity (Wildman–Crippen MR) is 155 cm³/mol. The summed E-state index contributed by atoms with van der Waals surface area (Å²) in [6, 6.07) is 11.0. The normalized spacial score (nSPS) is 14.4. The molecule has 0 aliphatic heterocycles. The standard InChI is InChI=1S/C30H44N2O10/c1-29(2,3)41-27(35)31-23(17-39-21-13-9-19(37-7)10-14-21)25(33)26(34)24(32-28(36)42-30(4,5)6)18-40-22-15-11-20(38-8)12-16-22/h9-16,23-26,33-34H,17-18H2,1-8H3,(H,31,35)(H,32,36)/t23-,24-,25+,26+/m0/s1. The van der Waals surface area contributed by atoms with E-state index in [9.17, 15) is 19.8 Å². The molecule has 0 aliphatic carbocycles. The van der Waals surface area contributed by atoms with Gasteiger partial charge in [-0.2, -0.15) is 0 Å². The van der Waals surface area contributed by atoms with E-state index in [1.807, 2.05) is 0 Å². The summed E-state index contributed by atoms with van der Waals surface area (Å²) >= 11 is 0. The Bertz CT molecular complexity index is 1020. The molecule has 0 saturated carbocycles. The van der Waals surface area contributed by atoms with Gasteiger partial charge in [0.15, 0.2) is 0 Å². The fraction of sp³-hybridized carbons (Fsp3) is 0.533. The summed E-state index contributed by atoms with van der Waals surface area (Å²) in [5.74, 6) is 2.10. The first kappa shape index (κ1) is 34.3. The van der Waals surface area contributed by atoms with Crippen LogP contribution in [0, 0.1) is 0 Å². The quantitative estimate of drug-likeness (QED) is 0.271. The molecular weight excluding hydrogens is 548 g/mol. The molecule has 2 aromatic rings. The summed E-state index contributed by atoms with van der Waals surface area (Å²) in [4.78, 5) is 25.3.